The highest BCUT2D eigenvalue weighted by atomic mass is 16.4. The van der Waals surface area contributed by atoms with Gasteiger partial charge >= 0.3 is 5.97 Å². The Morgan fingerprint density at radius 2 is 1.59 bits per heavy atom. The van der Waals surface area contributed by atoms with Gasteiger partial charge in [0.25, 0.3) is 5.91 Å². The SMILES string of the molecule is Cc1c(C)n(Cc2ccc(-c3ccccc3C(=O)O)cc2)c2ccc(C(=O)NCc3cccc(CN)c3)cc12. The minimum absolute atomic E-state index is 0.114. The molecular weight excluding hydrogens is 486 g/mol. The fourth-order valence-electron chi connectivity index (χ4n) is 5.04. The molecule has 0 aliphatic heterocycles. The Bertz CT molecular complexity index is 1680. The maximum Gasteiger partial charge on any atom is 0.336 e. The van der Waals surface area contributed by atoms with Crippen LogP contribution >= 0.6 is 0 Å². The van der Waals surface area contributed by atoms with Crippen molar-refractivity contribution in [2.45, 2.75) is 33.5 Å². The molecule has 0 atom stereocenters. The standard InChI is InChI=1S/C33H31N3O3/c1-21-22(2)36(20-23-10-12-26(13-11-23)28-8-3-4-9-29(28)33(38)39)31-15-14-27(17-30(21)31)32(37)35-19-25-7-5-6-24(16-25)18-34/h3-17H,18-20,34H2,1-2H3,(H,35,37)(H,38,39). The van der Waals surface area contributed by atoms with Crippen LogP contribution in [0.15, 0.2) is 91.0 Å². The molecule has 0 unspecified atom stereocenters. The summed E-state index contributed by atoms with van der Waals surface area (Å²) in [4.78, 5) is 24.6. The molecule has 4 N–H and O–H groups in total. The summed E-state index contributed by atoms with van der Waals surface area (Å²) in [5, 5.41) is 13.6. The number of amides is 1. The number of carbonyl (C=O) groups excluding carboxylic acids is 1. The van der Waals surface area contributed by atoms with Gasteiger partial charge in [-0.05, 0) is 71.5 Å². The van der Waals surface area contributed by atoms with Gasteiger partial charge in [0.05, 0.1) is 5.56 Å². The van der Waals surface area contributed by atoms with Crippen molar-refractivity contribution in [3.63, 3.8) is 0 Å². The summed E-state index contributed by atoms with van der Waals surface area (Å²) in [5.41, 5.74) is 14.7. The molecule has 1 amide bonds. The van der Waals surface area contributed by atoms with Gasteiger partial charge in [0, 0.05) is 41.8 Å². The fourth-order valence-corrected chi connectivity index (χ4v) is 5.04. The number of hydrogen-bond donors (Lipinski definition) is 3. The predicted molar refractivity (Wildman–Crippen MR) is 155 cm³/mol. The molecule has 0 fully saturated rings. The van der Waals surface area contributed by atoms with Gasteiger partial charge in [0.1, 0.15) is 0 Å². The van der Waals surface area contributed by atoms with Crippen LogP contribution in [0.1, 0.15) is 48.7 Å². The van der Waals surface area contributed by atoms with E-state index in [0.717, 1.165) is 44.4 Å². The van der Waals surface area contributed by atoms with Gasteiger partial charge in [0.2, 0.25) is 0 Å². The van der Waals surface area contributed by atoms with Crippen molar-refractivity contribution < 1.29 is 14.7 Å². The average Bonchev–Trinajstić information content (AvgIpc) is 3.20. The third-order valence-corrected chi connectivity index (χ3v) is 7.34. The summed E-state index contributed by atoms with van der Waals surface area (Å²) in [6, 6.07) is 28.8. The first kappa shape index (κ1) is 25.9. The summed E-state index contributed by atoms with van der Waals surface area (Å²) in [5.74, 6) is -1.05. The highest BCUT2D eigenvalue weighted by molar-refractivity contribution is 5.99. The zero-order valence-corrected chi connectivity index (χ0v) is 22.1. The van der Waals surface area contributed by atoms with Gasteiger partial charge in [-0.2, -0.15) is 0 Å². The van der Waals surface area contributed by atoms with Crippen molar-refractivity contribution in [2.24, 2.45) is 5.73 Å². The van der Waals surface area contributed by atoms with Crippen LogP contribution in [0.25, 0.3) is 22.0 Å². The van der Waals surface area contributed by atoms with E-state index < -0.39 is 5.97 Å². The minimum Gasteiger partial charge on any atom is -0.478 e. The smallest absolute Gasteiger partial charge is 0.336 e. The normalized spacial score (nSPS) is 11.1. The van der Waals surface area contributed by atoms with Crippen molar-refractivity contribution in [3.8, 4) is 11.1 Å². The molecule has 1 heterocycles. The van der Waals surface area contributed by atoms with E-state index in [0.29, 0.717) is 30.8 Å². The first-order chi connectivity index (χ1) is 18.9. The topological polar surface area (TPSA) is 97.3 Å². The molecule has 0 spiro atoms. The number of carboxylic acids is 1. The number of hydrogen-bond acceptors (Lipinski definition) is 3. The quantitative estimate of drug-likeness (QED) is 0.233. The second kappa shape index (κ2) is 11.0. The molecule has 0 aliphatic rings. The highest BCUT2D eigenvalue weighted by Gasteiger charge is 2.15. The van der Waals surface area contributed by atoms with E-state index in [4.69, 9.17) is 5.73 Å². The summed E-state index contributed by atoms with van der Waals surface area (Å²) in [6.45, 7) is 5.75. The number of carbonyl (C=O) groups is 2. The number of aromatic carboxylic acids is 1. The Hall–Kier alpha value is -4.68. The number of fused-ring (bicyclic) bond motifs is 1. The zero-order chi connectivity index (χ0) is 27.5. The molecule has 39 heavy (non-hydrogen) atoms. The van der Waals surface area contributed by atoms with Crippen LogP contribution in [-0.2, 0) is 19.6 Å². The molecule has 6 nitrogen and oxygen atoms in total. The molecule has 0 saturated heterocycles. The zero-order valence-electron chi connectivity index (χ0n) is 22.1. The molecule has 196 valence electrons. The van der Waals surface area contributed by atoms with Crippen LogP contribution in [0.2, 0.25) is 0 Å². The van der Waals surface area contributed by atoms with E-state index in [1.165, 1.54) is 0 Å². The number of carboxylic acid groups (broad SMARTS) is 1. The maximum absolute atomic E-state index is 12.9. The molecule has 5 rings (SSSR count). The van der Waals surface area contributed by atoms with E-state index in [-0.39, 0.29) is 11.5 Å². The fraction of sp³-hybridized carbons (Fsp3) is 0.152. The minimum atomic E-state index is -0.937. The first-order valence-corrected chi connectivity index (χ1v) is 12.9. The number of nitrogens with zero attached hydrogens (tertiary/aromatic N) is 1. The lowest BCUT2D eigenvalue weighted by molar-refractivity contribution is 0.0697. The lowest BCUT2D eigenvalue weighted by Crippen LogP contribution is -2.22. The summed E-state index contributed by atoms with van der Waals surface area (Å²) < 4.78 is 2.25. The molecule has 0 radical (unpaired) electrons. The predicted octanol–water partition coefficient (Wildman–Crippen LogP) is 6.06. The number of aromatic nitrogens is 1. The monoisotopic (exact) mass is 517 g/mol. The number of nitrogens with two attached hydrogens (primary N) is 1. The van der Waals surface area contributed by atoms with E-state index in [9.17, 15) is 14.7 Å². The Labute approximate surface area is 227 Å². The van der Waals surface area contributed by atoms with E-state index in [2.05, 4.69) is 23.7 Å². The summed E-state index contributed by atoms with van der Waals surface area (Å²) in [6.07, 6.45) is 0. The molecule has 0 saturated carbocycles. The first-order valence-electron chi connectivity index (χ1n) is 12.9. The Morgan fingerprint density at radius 3 is 2.33 bits per heavy atom. The molecule has 0 bridgehead atoms. The van der Waals surface area contributed by atoms with Gasteiger partial charge in [0.15, 0.2) is 0 Å². The number of rotatable bonds is 8. The van der Waals surface area contributed by atoms with Crippen molar-refractivity contribution in [3.05, 3.63) is 130 Å². The molecule has 6 heteroatoms. The highest BCUT2D eigenvalue weighted by Crippen LogP contribution is 2.29. The second-order valence-electron chi connectivity index (χ2n) is 9.78. The van der Waals surface area contributed by atoms with E-state index in [1.54, 1.807) is 12.1 Å². The largest absolute Gasteiger partial charge is 0.478 e. The number of nitrogens with one attached hydrogen (secondary N) is 1. The van der Waals surface area contributed by atoms with Crippen LogP contribution in [0, 0.1) is 13.8 Å². The van der Waals surface area contributed by atoms with Crippen molar-refractivity contribution in [2.75, 3.05) is 0 Å². The molecule has 1 aromatic heterocycles. The lowest BCUT2D eigenvalue weighted by atomic mass is 9.99. The van der Waals surface area contributed by atoms with Crippen LogP contribution in [0.5, 0.6) is 0 Å². The van der Waals surface area contributed by atoms with Gasteiger partial charge in [-0.3, -0.25) is 4.79 Å². The van der Waals surface area contributed by atoms with Gasteiger partial charge in [-0.1, -0.05) is 66.7 Å². The lowest BCUT2D eigenvalue weighted by Gasteiger charge is -2.11. The van der Waals surface area contributed by atoms with E-state index >= 15 is 0 Å². The average molecular weight is 518 g/mol. The van der Waals surface area contributed by atoms with Gasteiger partial charge < -0.3 is 20.7 Å². The molecular formula is C33H31N3O3. The maximum atomic E-state index is 12.9. The van der Waals surface area contributed by atoms with Crippen LogP contribution < -0.4 is 11.1 Å². The molecule has 4 aromatic carbocycles. The van der Waals surface area contributed by atoms with Crippen LogP contribution in [0.4, 0.5) is 0 Å². The number of benzene rings is 4. The third kappa shape index (κ3) is 5.33. The second-order valence-corrected chi connectivity index (χ2v) is 9.78. The van der Waals surface area contributed by atoms with E-state index in [1.807, 2.05) is 78.9 Å². The van der Waals surface area contributed by atoms with Gasteiger partial charge in [-0.15, -0.1) is 0 Å². The Balaban J connectivity index is 1.36. The van der Waals surface area contributed by atoms with Crippen molar-refractivity contribution >= 4 is 22.8 Å². The molecule has 5 aromatic rings. The number of aryl methyl sites for hydroxylation is 1. The summed E-state index contributed by atoms with van der Waals surface area (Å²) >= 11 is 0. The Morgan fingerprint density at radius 1 is 0.846 bits per heavy atom. The van der Waals surface area contributed by atoms with Crippen LogP contribution in [0.3, 0.4) is 0 Å². The van der Waals surface area contributed by atoms with Crippen LogP contribution in [-0.4, -0.2) is 21.6 Å². The third-order valence-electron chi connectivity index (χ3n) is 7.34. The Kier molecular flexibility index (Phi) is 7.30. The summed E-state index contributed by atoms with van der Waals surface area (Å²) in [7, 11) is 0. The van der Waals surface area contributed by atoms with Crippen molar-refractivity contribution in [1.82, 2.24) is 9.88 Å². The molecule has 0 aliphatic carbocycles. The van der Waals surface area contributed by atoms with Crippen molar-refractivity contribution in [1.29, 1.82) is 0 Å². The van der Waals surface area contributed by atoms with Gasteiger partial charge in [-0.25, -0.2) is 4.79 Å².